The Morgan fingerprint density at radius 1 is 1.46 bits per heavy atom. The van der Waals surface area contributed by atoms with Crippen LogP contribution in [0.15, 0.2) is 0 Å². The Labute approximate surface area is 79.7 Å². The fraction of sp³-hybridized carbons (Fsp3) is 0.889. The van der Waals surface area contributed by atoms with E-state index in [4.69, 9.17) is 5.11 Å². The zero-order valence-corrected chi connectivity index (χ0v) is 8.47. The number of carbonyl (C=O) groups excluding carboxylic acids is 1. The molecule has 0 aromatic carbocycles. The quantitative estimate of drug-likeness (QED) is 0.488. The van der Waals surface area contributed by atoms with Gasteiger partial charge in [-0.1, -0.05) is 13.8 Å². The van der Waals surface area contributed by atoms with E-state index in [1.165, 1.54) is 0 Å². The molecule has 4 heteroatoms. The van der Waals surface area contributed by atoms with E-state index in [0.29, 0.717) is 19.5 Å². The van der Waals surface area contributed by atoms with Gasteiger partial charge in [0, 0.05) is 6.54 Å². The van der Waals surface area contributed by atoms with Crippen LogP contribution in [0.3, 0.4) is 0 Å². The molecule has 0 bridgehead atoms. The molecule has 1 unspecified atom stereocenters. The Balaban J connectivity index is 3.30. The van der Waals surface area contributed by atoms with Crippen LogP contribution >= 0.6 is 0 Å². The Morgan fingerprint density at radius 2 is 2.15 bits per heavy atom. The highest BCUT2D eigenvalue weighted by Gasteiger charge is 2.03. The number of carbonyl (C=O) groups is 1. The van der Waals surface area contributed by atoms with Crippen LogP contribution in [0.2, 0.25) is 0 Å². The summed E-state index contributed by atoms with van der Waals surface area (Å²) in [5, 5.41) is 14.8. The Hall–Kier alpha value is -0.610. The number of amides is 1. The molecule has 0 saturated carbocycles. The number of hydrogen-bond acceptors (Lipinski definition) is 3. The third kappa shape index (κ3) is 7.74. The Bertz CT molecular complexity index is 140. The SMILES string of the molecule is CCCNCC(=O)NCC(O)CC. The van der Waals surface area contributed by atoms with Gasteiger partial charge in [-0.15, -0.1) is 0 Å². The second-order valence-corrected chi connectivity index (χ2v) is 3.04. The second-order valence-electron chi connectivity index (χ2n) is 3.04. The molecule has 4 nitrogen and oxygen atoms in total. The first-order valence-corrected chi connectivity index (χ1v) is 4.86. The lowest BCUT2D eigenvalue weighted by Gasteiger charge is -2.09. The van der Waals surface area contributed by atoms with Crippen molar-refractivity contribution < 1.29 is 9.90 Å². The number of aliphatic hydroxyl groups excluding tert-OH is 1. The fourth-order valence-electron chi connectivity index (χ4n) is 0.817. The van der Waals surface area contributed by atoms with Gasteiger partial charge in [0.25, 0.3) is 0 Å². The molecule has 0 fully saturated rings. The molecule has 13 heavy (non-hydrogen) atoms. The zero-order chi connectivity index (χ0) is 10.1. The summed E-state index contributed by atoms with van der Waals surface area (Å²) in [6.07, 6.45) is 1.27. The molecule has 0 aromatic heterocycles. The maximum absolute atomic E-state index is 11.1. The molecule has 1 atom stereocenters. The molecule has 0 rings (SSSR count). The van der Waals surface area contributed by atoms with Crippen LogP contribution in [0.4, 0.5) is 0 Å². The summed E-state index contributed by atoms with van der Waals surface area (Å²) in [4.78, 5) is 11.1. The first kappa shape index (κ1) is 12.4. The first-order chi connectivity index (χ1) is 6.20. The highest BCUT2D eigenvalue weighted by atomic mass is 16.3. The van der Waals surface area contributed by atoms with Crippen molar-refractivity contribution in [2.75, 3.05) is 19.6 Å². The summed E-state index contributed by atoms with van der Waals surface area (Å²) < 4.78 is 0. The van der Waals surface area contributed by atoms with E-state index in [1.54, 1.807) is 0 Å². The summed E-state index contributed by atoms with van der Waals surface area (Å²) in [5.74, 6) is -0.0547. The predicted molar refractivity (Wildman–Crippen MR) is 52.5 cm³/mol. The summed E-state index contributed by atoms with van der Waals surface area (Å²) in [7, 11) is 0. The topological polar surface area (TPSA) is 61.4 Å². The maximum Gasteiger partial charge on any atom is 0.234 e. The van der Waals surface area contributed by atoms with Crippen molar-refractivity contribution >= 4 is 5.91 Å². The monoisotopic (exact) mass is 188 g/mol. The van der Waals surface area contributed by atoms with E-state index in [9.17, 15) is 4.79 Å². The lowest BCUT2D eigenvalue weighted by Crippen LogP contribution is -2.38. The molecule has 0 aliphatic carbocycles. The lowest BCUT2D eigenvalue weighted by atomic mass is 10.3. The van der Waals surface area contributed by atoms with Crippen LogP contribution in [-0.4, -0.2) is 36.8 Å². The molecule has 3 N–H and O–H groups in total. The van der Waals surface area contributed by atoms with Crippen molar-refractivity contribution in [3.05, 3.63) is 0 Å². The van der Waals surface area contributed by atoms with Gasteiger partial charge in [-0.3, -0.25) is 4.79 Å². The summed E-state index contributed by atoms with van der Waals surface area (Å²) in [5.41, 5.74) is 0. The van der Waals surface area contributed by atoms with E-state index in [2.05, 4.69) is 10.6 Å². The molecular formula is C9H20N2O2. The van der Waals surface area contributed by atoms with Gasteiger partial charge >= 0.3 is 0 Å². The number of rotatable bonds is 7. The van der Waals surface area contributed by atoms with Gasteiger partial charge in [-0.05, 0) is 19.4 Å². The highest BCUT2D eigenvalue weighted by molar-refractivity contribution is 5.77. The molecule has 0 aromatic rings. The van der Waals surface area contributed by atoms with Crippen LogP contribution in [-0.2, 0) is 4.79 Å². The van der Waals surface area contributed by atoms with Gasteiger partial charge in [0.05, 0.1) is 12.6 Å². The van der Waals surface area contributed by atoms with Crippen molar-refractivity contribution in [1.82, 2.24) is 10.6 Å². The summed E-state index contributed by atoms with van der Waals surface area (Å²) >= 11 is 0. The van der Waals surface area contributed by atoms with Crippen LogP contribution in [0, 0.1) is 0 Å². The van der Waals surface area contributed by atoms with Crippen LogP contribution in [0.25, 0.3) is 0 Å². The second kappa shape index (κ2) is 8.01. The van der Waals surface area contributed by atoms with E-state index in [-0.39, 0.29) is 5.91 Å². The van der Waals surface area contributed by atoms with Crippen LogP contribution in [0.1, 0.15) is 26.7 Å². The minimum absolute atomic E-state index is 0.0547. The van der Waals surface area contributed by atoms with Crippen molar-refractivity contribution in [3.8, 4) is 0 Å². The normalized spacial score (nSPS) is 12.5. The minimum Gasteiger partial charge on any atom is -0.391 e. The smallest absolute Gasteiger partial charge is 0.234 e. The van der Waals surface area contributed by atoms with Crippen LogP contribution in [0.5, 0.6) is 0 Å². The molecule has 0 spiro atoms. The minimum atomic E-state index is -0.421. The van der Waals surface area contributed by atoms with Crippen molar-refractivity contribution in [3.63, 3.8) is 0 Å². The van der Waals surface area contributed by atoms with Gasteiger partial charge in [0.2, 0.25) is 5.91 Å². The molecule has 1 amide bonds. The fourth-order valence-corrected chi connectivity index (χ4v) is 0.817. The summed E-state index contributed by atoms with van der Waals surface area (Å²) in [6.45, 7) is 5.47. The third-order valence-corrected chi connectivity index (χ3v) is 1.72. The number of hydrogen-bond donors (Lipinski definition) is 3. The first-order valence-electron chi connectivity index (χ1n) is 4.86. The van der Waals surface area contributed by atoms with Gasteiger partial charge in [0.1, 0.15) is 0 Å². The molecular weight excluding hydrogens is 168 g/mol. The molecule has 0 heterocycles. The largest absolute Gasteiger partial charge is 0.391 e. The van der Waals surface area contributed by atoms with E-state index in [1.807, 2.05) is 13.8 Å². The molecule has 0 saturated heterocycles. The van der Waals surface area contributed by atoms with Crippen molar-refractivity contribution in [1.29, 1.82) is 0 Å². The average Bonchev–Trinajstić information content (AvgIpc) is 2.14. The lowest BCUT2D eigenvalue weighted by molar-refractivity contribution is -0.120. The molecule has 0 radical (unpaired) electrons. The third-order valence-electron chi connectivity index (χ3n) is 1.72. The van der Waals surface area contributed by atoms with Crippen molar-refractivity contribution in [2.45, 2.75) is 32.8 Å². The Morgan fingerprint density at radius 3 is 2.69 bits per heavy atom. The van der Waals surface area contributed by atoms with E-state index >= 15 is 0 Å². The maximum atomic E-state index is 11.1. The standard InChI is InChI=1S/C9H20N2O2/c1-3-5-10-7-9(13)11-6-8(12)4-2/h8,10,12H,3-7H2,1-2H3,(H,11,13). The van der Waals surface area contributed by atoms with Crippen molar-refractivity contribution in [2.24, 2.45) is 0 Å². The molecule has 0 aliphatic heterocycles. The Kier molecular flexibility index (Phi) is 7.63. The van der Waals surface area contributed by atoms with E-state index < -0.39 is 6.10 Å². The summed E-state index contributed by atoms with van der Waals surface area (Å²) in [6, 6.07) is 0. The molecule has 0 aliphatic rings. The molecule has 78 valence electrons. The van der Waals surface area contributed by atoms with E-state index in [0.717, 1.165) is 13.0 Å². The number of aliphatic hydroxyl groups is 1. The van der Waals surface area contributed by atoms with Gasteiger partial charge < -0.3 is 15.7 Å². The van der Waals surface area contributed by atoms with Gasteiger partial charge in [-0.25, -0.2) is 0 Å². The zero-order valence-electron chi connectivity index (χ0n) is 8.47. The van der Waals surface area contributed by atoms with Gasteiger partial charge in [0.15, 0.2) is 0 Å². The van der Waals surface area contributed by atoms with Gasteiger partial charge in [-0.2, -0.15) is 0 Å². The van der Waals surface area contributed by atoms with Crippen LogP contribution < -0.4 is 10.6 Å². The predicted octanol–water partition coefficient (Wildman–Crippen LogP) is -0.127. The number of nitrogens with one attached hydrogen (secondary N) is 2. The highest BCUT2D eigenvalue weighted by Crippen LogP contribution is 1.85. The average molecular weight is 188 g/mol.